The quantitative estimate of drug-likeness (QED) is 0.697. The van der Waals surface area contributed by atoms with Gasteiger partial charge in [-0.15, -0.1) is 0 Å². The van der Waals surface area contributed by atoms with Gasteiger partial charge in [-0.3, -0.25) is 4.79 Å². The Labute approximate surface area is 151 Å². The summed E-state index contributed by atoms with van der Waals surface area (Å²) in [5.41, 5.74) is 1.41. The van der Waals surface area contributed by atoms with Crippen molar-refractivity contribution in [1.29, 1.82) is 0 Å². The molecule has 1 unspecified atom stereocenters. The van der Waals surface area contributed by atoms with E-state index in [9.17, 15) is 9.90 Å². The molecule has 2 aromatic rings. The molecule has 1 heterocycles. The van der Waals surface area contributed by atoms with Crippen molar-refractivity contribution in [2.24, 2.45) is 0 Å². The maximum Gasteiger partial charge on any atom is 0.231 e. The lowest BCUT2D eigenvalue weighted by Crippen LogP contribution is -2.28. The Morgan fingerprint density at radius 2 is 1.92 bits per heavy atom. The van der Waals surface area contributed by atoms with Crippen molar-refractivity contribution >= 4 is 5.91 Å². The van der Waals surface area contributed by atoms with E-state index in [2.05, 4.69) is 5.32 Å². The van der Waals surface area contributed by atoms with Crippen LogP contribution in [0.4, 0.5) is 0 Å². The van der Waals surface area contributed by atoms with Crippen LogP contribution in [0.5, 0.6) is 23.0 Å². The molecule has 0 aliphatic carbocycles. The van der Waals surface area contributed by atoms with E-state index in [-0.39, 0.29) is 38.0 Å². The van der Waals surface area contributed by atoms with Gasteiger partial charge >= 0.3 is 0 Å². The third kappa shape index (κ3) is 3.83. The molecule has 26 heavy (non-hydrogen) atoms. The van der Waals surface area contributed by atoms with Crippen molar-refractivity contribution in [3.63, 3.8) is 0 Å². The van der Waals surface area contributed by atoms with Gasteiger partial charge in [0.05, 0.1) is 13.7 Å². The van der Waals surface area contributed by atoms with Crippen molar-refractivity contribution in [2.75, 3.05) is 27.1 Å². The van der Waals surface area contributed by atoms with E-state index in [1.165, 1.54) is 6.07 Å². The zero-order valence-electron chi connectivity index (χ0n) is 14.4. The molecule has 1 aliphatic heterocycles. The third-order valence-electron chi connectivity index (χ3n) is 4.24. The van der Waals surface area contributed by atoms with Gasteiger partial charge in [0.15, 0.2) is 11.5 Å². The number of rotatable bonds is 7. The number of methoxy groups -OCH3 is 1. The number of hydrogen-bond donors (Lipinski definition) is 3. The van der Waals surface area contributed by atoms with Crippen LogP contribution in [-0.4, -0.2) is 43.2 Å². The number of nitrogens with one attached hydrogen (secondary N) is 1. The van der Waals surface area contributed by atoms with Crippen LogP contribution in [-0.2, 0) is 4.79 Å². The molecule has 7 nitrogen and oxygen atoms in total. The molecule has 1 aliphatic rings. The lowest BCUT2D eigenvalue weighted by molar-refractivity contribution is -0.121. The van der Waals surface area contributed by atoms with Gasteiger partial charge in [0.2, 0.25) is 12.7 Å². The molecule has 0 fully saturated rings. The number of phenolic OH excluding ortho intramolecular Hbond substituents is 1. The Morgan fingerprint density at radius 1 is 1.23 bits per heavy atom. The van der Waals surface area contributed by atoms with Gasteiger partial charge in [-0.25, -0.2) is 0 Å². The number of fused-ring (bicyclic) bond motifs is 1. The van der Waals surface area contributed by atoms with Gasteiger partial charge in [0.1, 0.15) is 11.5 Å². The summed E-state index contributed by atoms with van der Waals surface area (Å²) in [4.78, 5) is 12.2. The molecule has 0 aromatic heterocycles. The minimum absolute atomic E-state index is 0.0324. The van der Waals surface area contributed by atoms with Crippen molar-refractivity contribution in [2.45, 2.75) is 12.3 Å². The van der Waals surface area contributed by atoms with Crippen molar-refractivity contribution in [1.82, 2.24) is 5.32 Å². The van der Waals surface area contributed by atoms with Gasteiger partial charge in [-0.1, -0.05) is 12.1 Å². The van der Waals surface area contributed by atoms with Crippen LogP contribution in [0, 0.1) is 0 Å². The van der Waals surface area contributed by atoms with Gasteiger partial charge in [-0.2, -0.15) is 0 Å². The first kappa shape index (κ1) is 17.9. The SMILES string of the molecule is COc1ccc(C(CC(=O)NCCO)c2cc3c(cc2O)OCO3)cc1. The number of phenols is 1. The van der Waals surface area contributed by atoms with Crippen LogP contribution < -0.4 is 19.5 Å². The first-order valence-corrected chi connectivity index (χ1v) is 8.26. The average molecular weight is 359 g/mol. The molecular weight excluding hydrogens is 338 g/mol. The van der Waals surface area contributed by atoms with E-state index in [4.69, 9.17) is 19.3 Å². The lowest BCUT2D eigenvalue weighted by atomic mass is 9.87. The van der Waals surface area contributed by atoms with Crippen molar-refractivity contribution in [3.05, 3.63) is 47.5 Å². The molecule has 0 spiro atoms. The van der Waals surface area contributed by atoms with Gasteiger partial charge in [-0.05, 0) is 23.8 Å². The minimum atomic E-state index is -0.394. The highest BCUT2D eigenvalue weighted by molar-refractivity contribution is 5.78. The van der Waals surface area contributed by atoms with E-state index in [0.717, 1.165) is 5.56 Å². The summed E-state index contributed by atoms with van der Waals surface area (Å²) < 4.78 is 15.9. The monoisotopic (exact) mass is 359 g/mol. The first-order valence-electron chi connectivity index (χ1n) is 8.26. The average Bonchev–Trinajstić information content (AvgIpc) is 3.11. The molecule has 3 N–H and O–H groups in total. The number of hydrogen-bond acceptors (Lipinski definition) is 6. The number of ether oxygens (including phenoxy) is 3. The van der Waals surface area contributed by atoms with E-state index in [1.807, 2.05) is 12.1 Å². The minimum Gasteiger partial charge on any atom is -0.508 e. The van der Waals surface area contributed by atoms with Crippen LogP contribution in [0.1, 0.15) is 23.5 Å². The van der Waals surface area contributed by atoms with E-state index >= 15 is 0 Å². The maximum atomic E-state index is 12.2. The third-order valence-corrected chi connectivity index (χ3v) is 4.24. The molecule has 2 aromatic carbocycles. The molecular formula is C19H21NO6. The zero-order valence-corrected chi connectivity index (χ0v) is 14.4. The molecule has 138 valence electrons. The molecule has 3 rings (SSSR count). The van der Waals surface area contributed by atoms with Gasteiger partial charge in [0, 0.05) is 30.5 Å². The second kappa shape index (κ2) is 7.97. The summed E-state index contributed by atoms with van der Waals surface area (Å²) in [7, 11) is 1.58. The Morgan fingerprint density at radius 3 is 2.58 bits per heavy atom. The fourth-order valence-corrected chi connectivity index (χ4v) is 2.92. The lowest BCUT2D eigenvalue weighted by Gasteiger charge is -2.19. The molecule has 0 saturated carbocycles. The van der Waals surface area contributed by atoms with Crippen LogP contribution in [0.3, 0.4) is 0 Å². The molecule has 0 bridgehead atoms. The summed E-state index contributed by atoms with van der Waals surface area (Å²) in [6, 6.07) is 10.5. The Balaban J connectivity index is 1.95. The van der Waals surface area contributed by atoms with Gasteiger partial charge in [0.25, 0.3) is 0 Å². The maximum absolute atomic E-state index is 12.2. The van der Waals surface area contributed by atoms with Crippen molar-refractivity contribution in [3.8, 4) is 23.0 Å². The summed E-state index contributed by atoms with van der Waals surface area (Å²) in [6.45, 7) is 0.151. The largest absolute Gasteiger partial charge is 0.508 e. The van der Waals surface area contributed by atoms with E-state index < -0.39 is 5.92 Å². The van der Waals surface area contributed by atoms with Crippen LogP contribution in [0.15, 0.2) is 36.4 Å². The molecule has 0 radical (unpaired) electrons. The Bertz CT molecular complexity index is 774. The van der Waals surface area contributed by atoms with E-state index in [0.29, 0.717) is 22.8 Å². The highest BCUT2D eigenvalue weighted by Gasteiger charge is 2.25. The van der Waals surface area contributed by atoms with Gasteiger partial charge < -0.3 is 29.7 Å². The number of aromatic hydroxyl groups is 1. The van der Waals surface area contributed by atoms with Crippen LogP contribution >= 0.6 is 0 Å². The highest BCUT2D eigenvalue weighted by atomic mass is 16.7. The van der Waals surface area contributed by atoms with Crippen LogP contribution in [0.25, 0.3) is 0 Å². The smallest absolute Gasteiger partial charge is 0.231 e. The Kier molecular flexibility index (Phi) is 5.48. The normalized spacial score (nSPS) is 13.3. The molecule has 0 saturated heterocycles. The fourth-order valence-electron chi connectivity index (χ4n) is 2.92. The zero-order chi connectivity index (χ0) is 18.5. The first-order chi connectivity index (χ1) is 12.6. The topological polar surface area (TPSA) is 97.3 Å². The second-order valence-corrected chi connectivity index (χ2v) is 5.87. The number of aliphatic hydroxyl groups excluding tert-OH is 1. The summed E-state index contributed by atoms with van der Waals surface area (Å²) in [5, 5.41) is 22.0. The highest BCUT2D eigenvalue weighted by Crippen LogP contribution is 2.43. The number of benzene rings is 2. The predicted molar refractivity (Wildman–Crippen MR) is 93.8 cm³/mol. The predicted octanol–water partition coefficient (Wildman–Crippen LogP) is 1.76. The fraction of sp³-hybridized carbons (Fsp3) is 0.316. The van der Waals surface area contributed by atoms with Crippen molar-refractivity contribution < 1.29 is 29.2 Å². The van der Waals surface area contributed by atoms with Crippen LogP contribution in [0.2, 0.25) is 0 Å². The standard InChI is InChI=1S/C19H21NO6/c1-24-13-4-2-12(3-5-13)14(9-19(23)20-6-7-21)15-8-17-18(10-16(15)22)26-11-25-17/h2-5,8,10,14,21-22H,6-7,9,11H2,1H3,(H,20,23). The number of carbonyl (C=O) groups is 1. The van der Waals surface area contributed by atoms with E-state index in [1.54, 1.807) is 25.3 Å². The number of aliphatic hydroxyl groups is 1. The summed E-state index contributed by atoms with van der Waals surface area (Å²) in [6.07, 6.45) is 0.111. The number of amides is 1. The Hall–Kier alpha value is -2.93. The summed E-state index contributed by atoms with van der Waals surface area (Å²) >= 11 is 0. The summed E-state index contributed by atoms with van der Waals surface area (Å²) in [5.74, 6) is 1.12. The molecule has 7 heteroatoms. The second-order valence-electron chi connectivity index (χ2n) is 5.87. The number of carbonyl (C=O) groups excluding carboxylic acids is 1. The molecule has 1 atom stereocenters. The molecule has 1 amide bonds.